The number of carbonyl (C=O) groups excluding carboxylic acids is 11. The van der Waals surface area contributed by atoms with Gasteiger partial charge in [-0.05, 0) is 106 Å². The Morgan fingerprint density at radius 3 is 1.51 bits per heavy atom. The zero-order valence-corrected chi connectivity index (χ0v) is 58.2. The predicted octanol–water partition coefficient (Wildman–Crippen LogP) is 3.56. The SMILES string of the molecule is C/C=C/C[C@@H](C)[C@@H](O)[C@H]1C(=O)N[C@@H](CC)C(=O)N(C)CC(=O)N(C)[C@@H](Cc2ccc(O)cc2)C(=O)N[C@@H](C(C)(C)C)C(=O)N(C)[C@@H](C)C(=O)N[C@@H](CC(C)C)C(=O)N[C@H](C)C(=O)N(C)[C@@H](CC(C)C)C(=O)N(C)[C@@H](CC(C)C)C(=O)N(C)[C@@H](C(C)C)C(=O)N1C. The van der Waals surface area contributed by atoms with Crippen LogP contribution in [0.1, 0.15) is 148 Å². The minimum atomic E-state index is -1.64. The quantitative estimate of drug-likeness (QED) is 0.146. The largest absolute Gasteiger partial charge is 0.508 e. The van der Waals surface area contributed by atoms with Crippen molar-refractivity contribution in [3.05, 3.63) is 42.0 Å². The zero-order chi connectivity index (χ0) is 69.3. The first-order valence-electron chi connectivity index (χ1n) is 31.7. The van der Waals surface area contributed by atoms with E-state index in [1.54, 1.807) is 79.7 Å². The van der Waals surface area contributed by atoms with Crippen LogP contribution >= 0.6 is 0 Å². The number of rotatable bonds is 14. The Labute approximate surface area is 536 Å². The summed E-state index contributed by atoms with van der Waals surface area (Å²) in [6, 6.07) is -6.99. The van der Waals surface area contributed by atoms with Crippen molar-refractivity contribution in [1.29, 1.82) is 0 Å². The highest BCUT2D eigenvalue weighted by Gasteiger charge is 2.46. The Balaban J connectivity index is 3.04. The molecule has 90 heavy (non-hydrogen) atoms. The number of phenols is 1. The van der Waals surface area contributed by atoms with Gasteiger partial charge in [0, 0.05) is 55.8 Å². The van der Waals surface area contributed by atoms with Gasteiger partial charge in [0.15, 0.2) is 0 Å². The fourth-order valence-corrected chi connectivity index (χ4v) is 11.1. The molecule has 508 valence electrons. The van der Waals surface area contributed by atoms with Gasteiger partial charge in [0.2, 0.25) is 65.0 Å². The van der Waals surface area contributed by atoms with Gasteiger partial charge in [-0.15, -0.1) is 0 Å². The first kappa shape index (κ1) is 79.0. The molecule has 1 aromatic rings. The summed E-state index contributed by atoms with van der Waals surface area (Å²) < 4.78 is 0. The standard InChI is InChI=1S/C66H111N11O13/c1-24-26-27-41(11)54(80)53-59(84)68-46(25-2)61(86)71(17)36-51(79)73(19)48(35-44-28-30-45(78)31-29-44)58(83)70-55(66(14,15)16)65(90)72(18)43(13)56(81)69-47(32-37(3)4)57(82)67-42(12)60(85)74(20)49(33-38(5)6)62(87)75(21)50(34-39(7)8)63(88)76(22)52(40(9)10)64(89)77(53)23/h24,26,28-31,37-43,46-50,52-55,78,80H,25,27,32-36H2,1-23H3,(H,67,82)(H,68,84)(H,69,81)(H,70,83)/b26-24+/t41-,42-,43+,46+,47+,48+,49+,50+,52+,53+,54-,55-/m1/s1. The number of aliphatic hydroxyl groups excluding tert-OH is 1. The first-order valence-corrected chi connectivity index (χ1v) is 31.7. The normalized spacial score (nSPS) is 26.1. The van der Waals surface area contributed by atoms with E-state index in [1.807, 2.05) is 41.5 Å². The maximum atomic E-state index is 15.2. The molecule has 1 heterocycles. The Bertz CT molecular complexity index is 2680. The highest BCUT2D eigenvalue weighted by atomic mass is 16.3. The lowest BCUT2D eigenvalue weighted by Crippen LogP contribution is -2.63. The molecule has 0 bridgehead atoms. The molecule has 1 fully saturated rings. The molecule has 0 radical (unpaired) electrons. The minimum Gasteiger partial charge on any atom is -0.508 e. The number of phenolic OH excluding ortho intramolecular Hbond substituents is 1. The number of hydrogen-bond acceptors (Lipinski definition) is 13. The summed E-state index contributed by atoms with van der Waals surface area (Å²) in [5.41, 5.74) is -0.500. The summed E-state index contributed by atoms with van der Waals surface area (Å²) >= 11 is 0. The van der Waals surface area contributed by atoms with Crippen LogP contribution in [0.4, 0.5) is 0 Å². The number of allylic oxidation sites excluding steroid dienone is 2. The highest BCUT2D eigenvalue weighted by molar-refractivity contribution is 5.99. The van der Waals surface area contributed by atoms with Gasteiger partial charge in [-0.25, -0.2) is 0 Å². The second-order valence-corrected chi connectivity index (χ2v) is 27.4. The van der Waals surface area contributed by atoms with E-state index in [-0.39, 0.29) is 55.6 Å². The summed E-state index contributed by atoms with van der Waals surface area (Å²) in [5, 5.41) is 33.4. The van der Waals surface area contributed by atoms with Crippen LogP contribution in [0.3, 0.4) is 0 Å². The van der Waals surface area contributed by atoms with Crippen LogP contribution in [-0.2, 0) is 59.2 Å². The van der Waals surface area contributed by atoms with Crippen LogP contribution in [0.25, 0.3) is 0 Å². The van der Waals surface area contributed by atoms with Crippen LogP contribution < -0.4 is 21.3 Å². The fraction of sp³-hybridized carbons (Fsp3) is 0.712. The Morgan fingerprint density at radius 2 is 1.03 bits per heavy atom. The number of carbonyl (C=O) groups is 11. The van der Waals surface area contributed by atoms with E-state index in [2.05, 4.69) is 21.3 Å². The third-order valence-electron chi connectivity index (χ3n) is 17.0. The van der Waals surface area contributed by atoms with E-state index in [1.165, 1.54) is 90.0 Å². The van der Waals surface area contributed by atoms with Crippen molar-refractivity contribution in [3.8, 4) is 5.75 Å². The van der Waals surface area contributed by atoms with Crippen molar-refractivity contribution < 1.29 is 63.0 Å². The van der Waals surface area contributed by atoms with Gasteiger partial charge in [-0.1, -0.05) is 114 Å². The monoisotopic (exact) mass is 1270 g/mol. The van der Waals surface area contributed by atoms with E-state index in [0.29, 0.717) is 12.0 Å². The highest BCUT2D eigenvalue weighted by Crippen LogP contribution is 2.27. The van der Waals surface area contributed by atoms with Gasteiger partial charge in [0.25, 0.3) is 0 Å². The lowest BCUT2D eigenvalue weighted by Gasteiger charge is -2.41. The van der Waals surface area contributed by atoms with Gasteiger partial charge in [0.05, 0.1) is 12.6 Å². The third-order valence-corrected chi connectivity index (χ3v) is 17.0. The molecule has 12 atom stereocenters. The molecule has 1 aliphatic heterocycles. The van der Waals surface area contributed by atoms with E-state index in [0.717, 1.165) is 19.6 Å². The molecule has 0 spiro atoms. The van der Waals surface area contributed by atoms with Crippen LogP contribution in [0.15, 0.2) is 36.4 Å². The van der Waals surface area contributed by atoms with Gasteiger partial charge in [-0.3, -0.25) is 52.7 Å². The van der Waals surface area contributed by atoms with Crippen molar-refractivity contribution in [2.75, 3.05) is 55.9 Å². The zero-order valence-electron chi connectivity index (χ0n) is 58.2. The molecule has 24 nitrogen and oxygen atoms in total. The summed E-state index contributed by atoms with van der Waals surface area (Å²) in [5.74, 6) is -9.66. The Hall–Kier alpha value is -7.11. The van der Waals surface area contributed by atoms with Gasteiger partial charge < -0.3 is 65.8 Å². The van der Waals surface area contributed by atoms with Crippen LogP contribution in [-0.4, -0.2) is 232 Å². The van der Waals surface area contributed by atoms with E-state index >= 15 is 14.4 Å². The molecule has 1 aromatic carbocycles. The van der Waals surface area contributed by atoms with E-state index in [4.69, 9.17) is 0 Å². The van der Waals surface area contributed by atoms with Gasteiger partial charge >= 0.3 is 0 Å². The topological polar surface area (TPSA) is 299 Å². The van der Waals surface area contributed by atoms with Crippen LogP contribution in [0, 0.1) is 35.0 Å². The number of likely N-dealkylation sites (N-methyl/N-ethyl adjacent to an activating group) is 7. The van der Waals surface area contributed by atoms with Crippen molar-refractivity contribution in [3.63, 3.8) is 0 Å². The van der Waals surface area contributed by atoms with E-state index in [9.17, 15) is 48.6 Å². The molecular weight excluding hydrogens is 1150 g/mol. The number of nitrogens with one attached hydrogen (secondary N) is 4. The molecule has 1 saturated heterocycles. The average Bonchev–Trinajstić information content (AvgIpc) is 0.919. The second-order valence-electron chi connectivity index (χ2n) is 27.4. The number of nitrogens with zero attached hydrogens (tertiary/aromatic N) is 7. The molecule has 24 heteroatoms. The third kappa shape index (κ3) is 21.5. The number of hydrogen-bond donors (Lipinski definition) is 6. The molecule has 0 unspecified atom stereocenters. The molecule has 1 aliphatic rings. The van der Waals surface area contributed by atoms with Gasteiger partial charge in [0.1, 0.15) is 66.2 Å². The molecule has 0 saturated carbocycles. The summed E-state index contributed by atoms with van der Waals surface area (Å²) in [6.45, 7) is 27.1. The molecule has 6 N–H and O–H groups in total. The molecule has 0 aliphatic carbocycles. The van der Waals surface area contributed by atoms with Gasteiger partial charge in [-0.2, -0.15) is 0 Å². The number of aromatic hydroxyl groups is 1. The lowest BCUT2D eigenvalue weighted by molar-refractivity contribution is -0.157. The maximum Gasteiger partial charge on any atom is 0.246 e. The van der Waals surface area contributed by atoms with Crippen molar-refractivity contribution in [1.82, 2.24) is 55.6 Å². The second kappa shape index (κ2) is 34.9. The Morgan fingerprint density at radius 1 is 0.544 bits per heavy atom. The predicted molar refractivity (Wildman–Crippen MR) is 345 cm³/mol. The molecule has 2 rings (SSSR count). The first-order chi connectivity index (χ1) is 41.6. The van der Waals surface area contributed by atoms with Crippen molar-refractivity contribution >= 4 is 65.0 Å². The maximum absolute atomic E-state index is 15.2. The summed E-state index contributed by atoms with van der Waals surface area (Å²) in [6.07, 6.45) is 2.58. The number of aliphatic hydroxyl groups is 1. The summed E-state index contributed by atoms with van der Waals surface area (Å²) in [4.78, 5) is 170. The van der Waals surface area contributed by atoms with Crippen LogP contribution in [0.5, 0.6) is 5.75 Å². The molecular formula is C66H111N11O13. The smallest absolute Gasteiger partial charge is 0.246 e. The molecule has 11 amide bonds. The average molecular weight is 1270 g/mol. The minimum absolute atomic E-state index is 0.0136. The Kier molecular flexibility index (Phi) is 30.6. The lowest BCUT2D eigenvalue weighted by atomic mass is 9.85. The number of amides is 11. The fourth-order valence-electron chi connectivity index (χ4n) is 11.1. The van der Waals surface area contributed by atoms with Crippen LogP contribution in [0.2, 0.25) is 0 Å². The van der Waals surface area contributed by atoms with E-state index < -0.39 is 155 Å². The number of benzene rings is 1. The summed E-state index contributed by atoms with van der Waals surface area (Å²) in [7, 11) is 9.74. The van der Waals surface area contributed by atoms with Crippen molar-refractivity contribution in [2.24, 2.45) is 35.0 Å². The van der Waals surface area contributed by atoms with Crippen molar-refractivity contribution in [2.45, 2.75) is 216 Å². The molecule has 0 aromatic heterocycles.